The van der Waals surface area contributed by atoms with Crippen LogP contribution < -0.4 is 38.3 Å². The van der Waals surface area contributed by atoms with Crippen LogP contribution in [0.15, 0.2) is 74.8 Å². The Balaban J connectivity index is 0.858. The van der Waals surface area contributed by atoms with E-state index in [0.29, 0.717) is 71.5 Å². The van der Waals surface area contributed by atoms with Crippen molar-refractivity contribution >= 4 is 94.3 Å². The van der Waals surface area contributed by atoms with Crippen molar-refractivity contribution in [1.29, 1.82) is 5.41 Å². The zero-order valence-corrected chi connectivity index (χ0v) is 47.2. The lowest BCUT2D eigenvalue weighted by Gasteiger charge is -2.21. The molecule has 1 aliphatic carbocycles. The van der Waals surface area contributed by atoms with Crippen molar-refractivity contribution in [2.75, 3.05) is 62.0 Å². The first-order valence-electron chi connectivity index (χ1n) is 23.3. The fourth-order valence-corrected chi connectivity index (χ4v) is 12.7. The Morgan fingerprint density at radius 1 is 0.974 bits per heavy atom. The average molecular weight is 1200 g/mol. The second kappa shape index (κ2) is 28.6. The fraction of sp³-hybridized carbons (Fsp3) is 0.400. The van der Waals surface area contributed by atoms with Crippen LogP contribution in [0, 0.1) is 24.2 Å². The summed E-state index contributed by atoms with van der Waals surface area (Å²) in [7, 11) is -14.5. The number of anilines is 1. The number of phosphoric ester groups is 1. The second-order valence-corrected chi connectivity index (χ2v) is 26.7. The average Bonchev–Trinajstić information content (AvgIpc) is 3.81. The van der Waals surface area contributed by atoms with E-state index in [-0.39, 0.29) is 30.4 Å². The van der Waals surface area contributed by atoms with Crippen LogP contribution in [0.1, 0.15) is 60.3 Å². The second-order valence-electron chi connectivity index (χ2n) is 16.7. The van der Waals surface area contributed by atoms with Gasteiger partial charge in [-0.3, -0.25) is 23.7 Å². The van der Waals surface area contributed by atoms with E-state index in [9.17, 15) is 42.7 Å². The smallest absolute Gasteiger partial charge is 0.456 e. The number of carbonyl (C=O) groups excluding carboxylic acids is 2. The molecule has 2 aromatic carbocycles. The van der Waals surface area contributed by atoms with Crippen LogP contribution in [-0.2, 0) is 61.7 Å². The molecule has 0 radical (unpaired) electrons. The quantitative estimate of drug-likeness (QED) is 0.00621. The lowest BCUT2D eigenvalue weighted by molar-refractivity contribution is -0.0545. The maximum absolute atomic E-state index is 13.3. The van der Waals surface area contributed by atoms with Gasteiger partial charge in [-0.2, -0.15) is 8.62 Å². The van der Waals surface area contributed by atoms with Gasteiger partial charge in [-0.25, -0.2) is 23.3 Å². The Kier molecular flexibility index (Phi) is 22.9. The molecule has 0 spiro atoms. The number of amides is 3. The number of rotatable bonds is 27. The van der Waals surface area contributed by atoms with Gasteiger partial charge in [-0.1, -0.05) is 55.9 Å². The van der Waals surface area contributed by atoms with Gasteiger partial charge in [0.15, 0.2) is 0 Å². The number of nitrogens with zero attached hydrogens (tertiary/aromatic N) is 1. The number of nitrogens with one attached hydrogen (secondary N) is 5. The molecule has 3 heterocycles. The predicted octanol–water partition coefficient (Wildman–Crippen LogP) is 5.10. The van der Waals surface area contributed by atoms with Gasteiger partial charge in [0.1, 0.15) is 35.2 Å². The number of nitrogen functional groups attached to an aromatic ring is 1. The number of carbonyl (C=O) groups is 2. The molecule has 0 saturated carbocycles. The molecule has 1 aromatic heterocycles. The summed E-state index contributed by atoms with van der Waals surface area (Å²) >= 11 is 5.31. The summed E-state index contributed by atoms with van der Waals surface area (Å²) < 4.78 is 71.9. The van der Waals surface area contributed by atoms with E-state index in [1.807, 2.05) is 44.2 Å². The first-order valence-corrected chi connectivity index (χ1v) is 32.8. The first-order chi connectivity index (χ1) is 36.5. The van der Waals surface area contributed by atoms with Crippen molar-refractivity contribution in [3.05, 3.63) is 104 Å². The molecule has 1 fully saturated rings. The molecule has 3 aliphatic rings. The van der Waals surface area contributed by atoms with Gasteiger partial charge in [0, 0.05) is 78.0 Å². The molecule has 77 heavy (non-hydrogen) atoms. The van der Waals surface area contributed by atoms with E-state index in [1.165, 1.54) is 10.8 Å². The predicted molar refractivity (Wildman–Crippen MR) is 293 cm³/mol. The summed E-state index contributed by atoms with van der Waals surface area (Å²) in [5, 5.41) is 17.5. The molecule has 11 N–H and O–H groups in total. The van der Waals surface area contributed by atoms with E-state index < -0.39 is 75.2 Å². The van der Waals surface area contributed by atoms with Crippen molar-refractivity contribution < 1.29 is 74.6 Å². The summed E-state index contributed by atoms with van der Waals surface area (Å²) in [4.78, 5) is 90.2. The number of unbranched alkanes of at least 4 members (excludes halogenated alkanes) is 2. The summed E-state index contributed by atoms with van der Waals surface area (Å²) in [6.45, 7) is 4.14. The molecule has 1 saturated heterocycles. The number of aromatic nitrogens is 2. The van der Waals surface area contributed by atoms with Crippen molar-refractivity contribution in [1.82, 2.24) is 25.5 Å². The van der Waals surface area contributed by atoms with Crippen molar-refractivity contribution in [2.24, 2.45) is 0 Å². The van der Waals surface area contributed by atoms with E-state index in [4.69, 9.17) is 55.3 Å². The van der Waals surface area contributed by atoms with Crippen molar-refractivity contribution in [3.8, 4) is 34.3 Å². The molecule has 0 bridgehead atoms. The van der Waals surface area contributed by atoms with Gasteiger partial charge in [-0.15, -0.1) is 0 Å². The largest absolute Gasteiger partial charge is 0.490 e. The van der Waals surface area contributed by atoms with Crippen LogP contribution in [0.2, 0.25) is 0 Å². The van der Waals surface area contributed by atoms with Gasteiger partial charge in [-0.05, 0) is 90.7 Å². The summed E-state index contributed by atoms with van der Waals surface area (Å²) in [5.74, 6) is 7.30. The van der Waals surface area contributed by atoms with Crippen LogP contribution in [-0.4, -0.2) is 110 Å². The van der Waals surface area contributed by atoms with Gasteiger partial charge in [0.25, 0.3) is 11.5 Å². The zero-order chi connectivity index (χ0) is 55.9. The molecule has 6 rings (SSSR count). The molecular formula is C45H56N7O18P3S4. The third kappa shape index (κ3) is 19.1. The van der Waals surface area contributed by atoms with Crippen LogP contribution in [0.5, 0.6) is 0 Å². The Morgan fingerprint density at radius 2 is 1.77 bits per heavy atom. The molecule has 25 nitrogen and oxygen atoms in total. The van der Waals surface area contributed by atoms with E-state index >= 15 is 0 Å². The monoisotopic (exact) mass is 1200 g/mol. The number of phosphoric acid groups is 3. The van der Waals surface area contributed by atoms with Gasteiger partial charge in [0.2, 0.25) is 0 Å². The molecule has 32 heteroatoms. The summed E-state index contributed by atoms with van der Waals surface area (Å²) in [6.07, 6.45) is -0.122. The third-order valence-corrected chi connectivity index (χ3v) is 19.0. The van der Waals surface area contributed by atoms with Crippen LogP contribution >= 0.6 is 45.1 Å². The Morgan fingerprint density at radius 3 is 2.53 bits per heavy atom. The highest BCUT2D eigenvalue weighted by molar-refractivity contribution is 8.76. The van der Waals surface area contributed by atoms with Crippen LogP contribution in [0.25, 0.3) is 33.4 Å². The number of ether oxygens (including phenoxy) is 3. The SMILES string of the molecule is CCS(=S)CO[C@@H]1C[C@H](n2cc(C#CCNC(=O)NCCCCCOCSSCCNC(=O)c3ccc(C)c(-c4c5ccc(=N)cc-5oc5cc(N)ccc45)c3)c(=O)[nH]c2=O)O[C@@H]1COP(=O)(O)OP(=O)(O)OP(=O)(O)O. The minimum atomic E-state index is -5.79. The Labute approximate surface area is 455 Å². The van der Waals surface area contributed by atoms with Crippen molar-refractivity contribution in [3.63, 3.8) is 0 Å². The number of fused-ring (bicyclic) bond motifs is 2. The minimum absolute atomic E-state index is 0.0377. The standard InChI is InChI=1S/C45H56N7O18P3S4/c1-3-77(74)27-65-38-23-40(68-39(38)25-66-72(60,61)70-73(62,63)69-71(57,58)59)52-24-30(43(54)51-45(52)56)8-7-16-50-44(55)49-15-5-4-6-18-64-26-76-75-19-17-48-42(53)29-10-9-28(2)35(20-29)41-33-13-11-31(46)21-36(33)67-37-22-32(47)12-14-34(37)41/h9-14,20-22,24,38-40,46H,3-6,15-19,23,25-27,47H2,1-2H3,(H,48,53)(H,60,61)(H,62,63)(H2,49,50,55)(H,51,54,56)(H2,57,58,59)/t38-,39-,40-,77?/m1/s1. The molecule has 3 amide bonds. The lowest BCUT2D eigenvalue weighted by Crippen LogP contribution is -2.36. The zero-order valence-electron chi connectivity index (χ0n) is 41.2. The molecular weight excluding hydrogens is 1150 g/mol. The number of benzene rings is 3. The van der Waals surface area contributed by atoms with E-state index in [1.54, 1.807) is 35.1 Å². The number of aryl methyl sites for hydroxylation is 1. The number of H-pyrrole nitrogens is 1. The van der Waals surface area contributed by atoms with Gasteiger partial charge in [0.05, 0.1) is 30.6 Å². The molecule has 3 aromatic rings. The highest BCUT2D eigenvalue weighted by Gasteiger charge is 2.44. The molecule has 3 unspecified atom stereocenters. The maximum atomic E-state index is 13.3. The number of nitrogens with two attached hydrogens (primary N) is 1. The summed E-state index contributed by atoms with van der Waals surface area (Å²) in [5.41, 5.74) is 9.36. The number of hydrogen-bond donors (Lipinski definition) is 10. The van der Waals surface area contributed by atoms with Gasteiger partial charge >= 0.3 is 35.2 Å². The summed E-state index contributed by atoms with van der Waals surface area (Å²) in [6, 6.07) is 15.8. The number of aromatic amines is 1. The number of hydrogen-bond acceptors (Lipinski definition) is 19. The Hall–Kier alpha value is -4.53. The first kappa shape index (κ1) is 61.7. The lowest BCUT2D eigenvalue weighted by atomic mass is 9.90. The minimum Gasteiger partial charge on any atom is -0.456 e. The highest BCUT2D eigenvalue weighted by atomic mass is 33.1. The fourth-order valence-electron chi connectivity index (χ4n) is 7.46. The normalized spacial score (nSPS) is 17.5. The van der Waals surface area contributed by atoms with Crippen LogP contribution in [0.3, 0.4) is 0 Å². The van der Waals surface area contributed by atoms with E-state index in [2.05, 4.69) is 41.4 Å². The van der Waals surface area contributed by atoms with Gasteiger partial charge < -0.3 is 65.3 Å². The Bertz CT molecular complexity index is 3310. The van der Waals surface area contributed by atoms with E-state index in [0.717, 1.165) is 51.2 Å². The molecule has 6 atom stereocenters. The molecule has 418 valence electrons. The maximum Gasteiger partial charge on any atom is 0.490 e. The van der Waals surface area contributed by atoms with Crippen molar-refractivity contribution in [2.45, 2.75) is 58.0 Å². The highest BCUT2D eigenvalue weighted by Crippen LogP contribution is 2.66. The topological polar surface area (TPSA) is 376 Å². The molecule has 2 aliphatic heterocycles. The van der Waals surface area contributed by atoms with Crippen LogP contribution in [0.4, 0.5) is 10.5 Å². The third-order valence-electron chi connectivity index (χ3n) is 11.0. The number of urea groups is 1.